The standard InChI is InChI=1S/C18H18ClN5O2/c1-11(2)24-17(21-22-23-24)12-5-4-6-13(9-12)18(25)20-15-10-14(19)7-8-16(15)26-3/h4-11H,1-3H3,(H,20,25). The Morgan fingerprint density at radius 2 is 2.04 bits per heavy atom. The number of carbonyl (C=O) groups excluding carboxylic acids is 1. The second-order valence-electron chi connectivity index (χ2n) is 5.92. The van der Waals surface area contributed by atoms with Crippen molar-refractivity contribution in [3.05, 3.63) is 53.1 Å². The van der Waals surface area contributed by atoms with Crippen LogP contribution in [0.4, 0.5) is 5.69 Å². The molecule has 0 aliphatic rings. The first-order chi connectivity index (χ1) is 12.5. The highest BCUT2D eigenvalue weighted by Crippen LogP contribution is 2.28. The number of rotatable bonds is 5. The van der Waals surface area contributed by atoms with E-state index in [1.807, 2.05) is 19.9 Å². The van der Waals surface area contributed by atoms with Crippen molar-refractivity contribution >= 4 is 23.2 Å². The van der Waals surface area contributed by atoms with E-state index in [0.29, 0.717) is 27.8 Å². The van der Waals surface area contributed by atoms with Crippen molar-refractivity contribution < 1.29 is 9.53 Å². The van der Waals surface area contributed by atoms with Crippen LogP contribution in [0.3, 0.4) is 0 Å². The van der Waals surface area contributed by atoms with Crippen LogP contribution in [0.2, 0.25) is 5.02 Å². The minimum Gasteiger partial charge on any atom is -0.495 e. The molecule has 0 aliphatic heterocycles. The van der Waals surface area contributed by atoms with Gasteiger partial charge in [-0.1, -0.05) is 23.7 Å². The van der Waals surface area contributed by atoms with Gasteiger partial charge in [-0.15, -0.1) is 5.10 Å². The van der Waals surface area contributed by atoms with E-state index in [0.717, 1.165) is 5.56 Å². The zero-order valence-corrected chi connectivity index (χ0v) is 15.4. The summed E-state index contributed by atoms with van der Waals surface area (Å²) < 4.78 is 6.96. The van der Waals surface area contributed by atoms with E-state index in [4.69, 9.17) is 16.3 Å². The van der Waals surface area contributed by atoms with E-state index in [2.05, 4.69) is 20.8 Å². The molecule has 1 heterocycles. The summed E-state index contributed by atoms with van der Waals surface area (Å²) in [6, 6.07) is 12.3. The lowest BCUT2D eigenvalue weighted by molar-refractivity contribution is 0.102. The van der Waals surface area contributed by atoms with Gasteiger partial charge in [0.2, 0.25) is 0 Å². The van der Waals surface area contributed by atoms with Crippen LogP contribution >= 0.6 is 11.6 Å². The minimum absolute atomic E-state index is 0.105. The number of benzene rings is 2. The van der Waals surface area contributed by atoms with Crippen LogP contribution in [0, 0.1) is 0 Å². The Bertz CT molecular complexity index is 939. The Kier molecular flexibility index (Phi) is 5.18. The first-order valence-electron chi connectivity index (χ1n) is 8.02. The summed E-state index contributed by atoms with van der Waals surface area (Å²) >= 11 is 6.01. The van der Waals surface area contributed by atoms with Crippen molar-refractivity contribution in [1.29, 1.82) is 0 Å². The molecule has 1 amide bonds. The molecule has 0 aliphatic carbocycles. The average Bonchev–Trinajstić information content (AvgIpc) is 3.12. The fourth-order valence-electron chi connectivity index (χ4n) is 2.50. The summed E-state index contributed by atoms with van der Waals surface area (Å²) in [6.07, 6.45) is 0. The van der Waals surface area contributed by atoms with Crippen molar-refractivity contribution in [2.45, 2.75) is 19.9 Å². The third-order valence-electron chi connectivity index (χ3n) is 3.77. The first-order valence-corrected chi connectivity index (χ1v) is 8.40. The molecule has 0 bridgehead atoms. The van der Waals surface area contributed by atoms with Gasteiger partial charge in [0, 0.05) is 16.1 Å². The number of hydrogen-bond acceptors (Lipinski definition) is 5. The van der Waals surface area contributed by atoms with Gasteiger partial charge in [0.15, 0.2) is 5.82 Å². The fraction of sp³-hybridized carbons (Fsp3) is 0.222. The van der Waals surface area contributed by atoms with Crippen LogP contribution in [0.5, 0.6) is 5.75 Å². The van der Waals surface area contributed by atoms with E-state index in [-0.39, 0.29) is 11.9 Å². The number of tetrazole rings is 1. The molecule has 0 atom stereocenters. The van der Waals surface area contributed by atoms with Gasteiger partial charge in [-0.2, -0.15) is 0 Å². The maximum Gasteiger partial charge on any atom is 0.255 e. The summed E-state index contributed by atoms with van der Waals surface area (Å²) in [5, 5.41) is 15.1. The third kappa shape index (κ3) is 3.67. The van der Waals surface area contributed by atoms with Gasteiger partial charge in [-0.05, 0) is 54.6 Å². The molecule has 2 aromatic carbocycles. The Morgan fingerprint density at radius 1 is 1.23 bits per heavy atom. The number of amides is 1. The fourth-order valence-corrected chi connectivity index (χ4v) is 2.68. The molecule has 0 radical (unpaired) electrons. The number of hydrogen-bond donors (Lipinski definition) is 1. The van der Waals surface area contributed by atoms with Crippen LogP contribution in [0.15, 0.2) is 42.5 Å². The van der Waals surface area contributed by atoms with Gasteiger partial charge in [-0.3, -0.25) is 4.79 Å². The van der Waals surface area contributed by atoms with Crippen LogP contribution in [0.25, 0.3) is 11.4 Å². The van der Waals surface area contributed by atoms with Crippen LogP contribution < -0.4 is 10.1 Å². The number of carbonyl (C=O) groups is 1. The normalized spacial score (nSPS) is 10.8. The summed E-state index contributed by atoms with van der Waals surface area (Å²) in [5.41, 5.74) is 1.74. The number of aromatic nitrogens is 4. The molecule has 0 fully saturated rings. The van der Waals surface area contributed by atoms with Gasteiger partial charge < -0.3 is 10.1 Å². The highest BCUT2D eigenvalue weighted by atomic mass is 35.5. The van der Waals surface area contributed by atoms with E-state index >= 15 is 0 Å². The molecule has 8 heteroatoms. The number of nitrogens with one attached hydrogen (secondary N) is 1. The maximum absolute atomic E-state index is 12.7. The van der Waals surface area contributed by atoms with Gasteiger partial charge in [0.25, 0.3) is 5.91 Å². The SMILES string of the molecule is COc1ccc(Cl)cc1NC(=O)c1cccc(-c2nnnn2C(C)C)c1. The van der Waals surface area contributed by atoms with Crippen LogP contribution in [0.1, 0.15) is 30.2 Å². The predicted octanol–water partition coefficient (Wildman–Crippen LogP) is 3.84. The van der Waals surface area contributed by atoms with E-state index in [1.54, 1.807) is 41.1 Å². The molecule has 7 nitrogen and oxygen atoms in total. The highest BCUT2D eigenvalue weighted by molar-refractivity contribution is 6.31. The number of anilines is 1. The molecule has 0 saturated carbocycles. The zero-order valence-electron chi connectivity index (χ0n) is 14.6. The number of halogens is 1. The predicted molar refractivity (Wildman–Crippen MR) is 99.6 cm³/mol. The number of methoxy groups -OCH3 is 1. The molecule has 1 N–H and O–H groups in total. The Morgan fingerprint density at radius 3 is 2.77 bits per heavy atom. The molecule has 3 aromatic rings. The largest absolute Gasteiger partial charge is 0.495 e. The Labute approximate surface area is 155 Å². The molecular formula is C18H18ClN5O2. The number of nitrogens with zero attached hydrogens (tertiary/aromatic N) is 4. The maximum atomic E-state index is 12.7. The van der Waals surface area contributed by atoms with Crippen molar-refractivity contribution in [1.82, 2.24) is 20.2 Å². The van der Waals surface area contributed by atoms with Gasteiger partial charge in [0.05, 0.1) is 18.8 Å². The van der Waals surface area contributed by atoms with E-state index in [1.165, 1.54) is 7.11 Å². The second-order valence-corrected chi connectivity index (χ2v) is 6.36. The smallest absolute Gasteiger partial charge is 0.255 e. The lowest BCUT2D eigenvalue weighted by atomic mass is 10.1. The Hall–Kier alpha value is -2.93. The second kappa shape index (κ2) is 7.53. The molecule has 0 unspecified atom stereocenters. The molecule has 0 saturated heterocycles. The average molecular weight is 372 g/mol. The number of ether oxygens (including phenoxy) is 1. The summed E-state index contributed by atoms with van der Waals surface area (Å²) in [4.78, 5) is 12.7. The van der Waals surface area contributed by atoms with Gasteiger partial charge in [-0.25, -0.2) is 4.68 Å². The topological polar surface area (TPSA) is 81.9 Å². The summed E-state index contributed by atoms with van der Waals surface area (Å²) in [6.45, 7) is 3.98. The van der Waals surface area contributed by atoms with Crippen molar-refractivity contribution in [3.63, 3.8) is 0 Å². The quantitative estimate of drug-likeness (QED) is 0.736. The minimum atomic E-state index is -0.281. The van der Waals surface area contributed by atoms with Gasteiger partial charge in [0.1, 0.15) is 5.75 Å². The van der Waals surface area contributed by atoms with E-state index < -0.39 is 0 Å². The lowest BCUT2D eigenvalue weighted by Crippen LogP contribution is -2.13. The molecule has 134 valence electrons. The monoisotopic (exact) mass is 371 g/mol. The Balaban J connectivity index is 1.90. The first kappa shape index (κ1) is 17.9. The molecular weight excluding hydrogens is 354 g/mol. The van der Waals surface area contributed by atoms with Crippen molar-refractivity contribution in [3.8, 4) is 17.1 Å². The van der Waals surface area contributed by atoms with Gasteiger partial charge >= 0.3 is 0 Å². The molecule has 1 aromatic heterocycles. The molecule has 3 rings (SSSR count). The van der Waals surface area contributed by atoms with Crippen LogP contribution in [-0.2, 0) is 0 Å². The highest BCUT2D eigenvalue weighted by Gasteiger charge is 2.15. The third-order valence-corrected chi connectivity index (χ3v) is 4.01. The van der Waals surface area contributed by atoms with Crippen molar-refractivity contribution in [2.75, 3.05) is 12.4 Å². The summed E-state index contributed by atoms with van der Waals surface area (Å²) in [7, 11) is 1.53. The molecule has 0 spiro atoms. The zero-order chi connectivity index (χ0) is 18.7. The van der Waals surface area contributed by atoms with Crippen molar-refractivity contribution in [2.24, 2.45) is 0 Å². The lowest BCUT2D eigenvalue weighted by Gasteiger charge is -2.11. The van der Waals surface area contributed by atoms with Crippen LogP contribution in [-0.4, -0.2) is 33.2 Å². The van der Waals surface area contributed by atoms with E-state index in [9.17, 15) is 4.79 Å². The summed E-state index contributed by atoms with van der Waals surface area (Å²) in [5.74, 6) is 0.855. The molecule has 26 heavy (non-hydrogen) atoms.